The molecular formula is C16H21N3O. The van der Waals surface area contributed by atoms with E-state index in [9.17, 15) is 0 Å². The van der Waals surface area contributed by atoms with Crippen LogP contribution in [0.25, 0.3) is 11.4 Å². The predicted octanol–water partition coefficient (Wildman–Crippen LogP) is 3.32. The Morgan fingerprint density at radius 3 is 2.70 bits per heavy atom. The van der Waals surface area contributed by atoms with E-state index in [4.69, 9.17) is 10.5 Å². The molecule has 2 aromatic rings. The third kappa shape index (κ3) is 3.70. The van der Waals surface area contributed by atoms with Gasteiger partial charge in [0.25, 0.3) is 0 Å². The largest absolute Gasteiger partial charge is 0.494 e. The summed E-state index contributed by atoms with van der Waals surface area (Å²) in [6.45, 7) is 6.92. The van der Waals surface area contributed by atoms with Gasteiger partial charge in [0.1, 0.15) is 11.6 Å². The van der Waals surface area contributed by atoms with Gasteiger partial charge in [0.2, 0.25) is 0 Å². The number of aromatic nitrogens is 2. The number of ether oxygens (including phenoxy) is 1. The van der Waals surface area contributed by atoms with Crippen LogP contribution in [0, 0.1) is 5.92 Å². The quantitative estimate of drug-likeness (QED) is 0.906. The molecule has 0 aliphatic carbocycles. The Labute approximate surface area is 120 Å². The van der Waals surface area contributed by atoms with Crippen LogP contribution in [-0.4, -0.2) is 16.6 Å². The number of nitrogens with zero attached hydrogens (tertiary/aromatic N) is 2. The van der Waals surface area contributed by atoms with Crippen molar-refractivity contribution in [3.8, 4) is 17.1 Å². The zero-order valence-electron chi connectivity index (χ0n) is 12.3. The SMILES string of the molecule is CCOc1cccc(-c2nc(N)cc(CC(C)C)n2)c1. The Morgan fingerprint density at radius 1 is 1.20 bits per heavy atom. The van der Waals surface area contributed by atoms with Crippen molar-refractivity contribution < 1.29 is 4.74 Å². The molecule has 0 unspecified atom stereocenters. The Kier molecular flexibility index (Phi) is 4.56. The fourth-order valence-electron chi connectivity index (χ4n) is 2.06. The first-order valence-electron chi connectivity index (χ1n) is 6.95. The molecule has 2 N–H and O–H groups in total. The van der Waals surface area contributed by atoms with E-state index in [1.807, 2.05) is 37.3 Å². The summed E-state index contributed by atoms with van der Waals surface area (Å²) >= 11 is 0. The summed E-state index contributed by atoms with van der Waals surface area (Å²) in [6.07, 6.45) is 0.894. The Morgan fingerprint density at radius 2 is 2.00 bits per heavy atom. The third-order valence-electron chi connectivity index (χ3n) is 2.82. The molecule has 1 heterocycles. The second-order valence-corrected chi connectivity index (χ2v) is 5.17. The monoisotopic (exact) mass is 271 g/mol. The van der Waals surface area contributed by atoms with E-state index in [1.165, 1.54) is 0 Å². The van der Waals surface area contributed by atoms with Crippen LogP contribution in [0.1, 0.15) is 26.5 Å². The molecule has 4 nitrogen and oxygen atoms in total. The minimum absolute atomic E-state index is 0.507. The van der Waals surface area contributed by atoms with Crippen LogP contribution in [0.5, 0.6) is 5.75 Å². The third-order valence-corrected chi connectivity index (χ3v) is 2.82. The lowest BCUT2D eigenvalue weighted by molar-refractivity contribution is 0.340. The summed E-state index contributed by atoms with van der Waals surface area (Å²) in [5.41, 5.74) is 7.79. The molecule has 0 bridgehead atoms. The standard InChI is InChI=1S/C16H21N3O/c1-4-20-14-7-5-6-12(9-14)16-18-13(8-11(2)3)10-15(17)19-16/h5-7,9-11H,4,8H2,1-3H3,(H2,17,18,19). The highest BCUT2D eigenvalue weighted by molar-refractivity contribution is 5.59. The first kappa shape index (κ1) is 14.3. The van der Waals surface area contributed by atoms with E-state index in [-0.39, 0.29) is 0 Å². The number of nitrogens with two attached hydrogens (primary N) is 1. The second-order valence-electron chi connectivity index (χ2n) is 5.17. The van der Waals surface area contributed by atoms with E-state index in [2.05, 4.69) is 23.8 Å². The number of benzene rings is 1. The zero-order valence-corrected chi connectivity index (χ0v) is 12.3. The van der Waals surface area contributed by atoms with Crippen molar-refractivity contribution in [2.75, 3.05) is 12.3 Å². The number of anilines is 1. The molecule has 0 saturated carbocycles. The first-order chi connectivity index (χ1) is 9.58. The smallest absolute Gasteiger partial charge is 0.161 e. The molecule has 0 spiro atoms. The van der Waals surface area contributed by atoms with Crippen molar-refractivity contribution in [3.63, 3.8) is 0 Å². The summed E-state index contributed by atoms with van der Waals surface area (Å²) in [4.78, 5) is 8.92. The molecule has 1 aromatic heterocycles. The van der Waals surface area contributed by atoms with E-state index in [0.29, 0.717) is 24.2 Å². The van der Waals surface area contributed by atoms with Gasteiger partial charge in [-0.25, -0.2) is 9.97 Å². The molecule has 1 aromatic carbocycles. The van der Waals surface area contributed by atoms with Crippen molar-refractivity contribution in [1.29, 1.82) is 0 Å². The summed E-state index contributed by atoms with van der Waals surface area (Å²) in [7, 11) is 0. The van der Waals surface area contributed by atoms with Crippen molar-refractivity contribution in [2.24, 2.45) is 5.92 Å². The molecular weight excluding hydrogens is 250 g/mol. The zero-order chi connectivity index (χ0) is 14.5. The molecule has 0 radical (unpaired) electrons. The number of rotatable bonds is 5. The molecule has 20 heavy (non-hydrogen) atoms. The van der Waals surface area contributed by atoms with Crippen LogP contribution >= 0.6 is 0 Å². The van der Waals surface area contributed by atoms with E-state index in [1.54, 1.807) is 0 Å². The van der Waals surface area contributed by atoms with Gasteiger partial charge in [0.15, 0.2) is 5.82 Å². The van der Waals surface area contributed by atoms with Crippen LogP contribution in [0.3, 0.4) is 0 Å². The number of nitrogen functional groups attached to an aromatic ring is 1. The topological polar surface area (TPSA) is 61.0 Å². The van der Waals surface area contributed by atoms with Crippen molar-refractivity contribution >= 4 is 5.82 Å². The van der Waals surface area contributed by atoms with Gasteiger partial charge in [0.05, 0.1) is 6.61 Å². The van der Waals surface area contributed by atoms with Gasteiger partial charge in [-0.1, -0.05) is 26.0 Å². The first-order valence-corrected chi connectivity index (χ1v) is 6.95. The maximum Gasteiger partial charge on any atom is 0.161 e. The lowest BCUT2D eigenvalue weighted by atomic mass is 10.1. The maximum absolute atomic E-state index is 5.89. The van der Waals surface area contributed by atoms with E-state index >= 15 is 0 Å². The van der Waals surface area contributed by atoms with E-state index in [0.717, 1.165) is 23.4 Å². The molecule has 0 aliphatic rings. The molecule has 0 saturated heterocycles. The van der Waals surface area contributed by atoms with E-state index < -0.39 is 0 Å². The average molecular weight is 271 g/mol. The normalized spacial score (nSPS) is 10.8. The number of hydrogen-bond donors (Lipinski definition) is 1. The van der Waals surface area contributed by atoms with Crippen LogP contribution in [0.4, 0.5) is 5.82 Å². The summed E-state index contributed by atoms with van der Waals surface area (Å²) in [5.74, 6) is 2.52. The maximum atomic E-state index is 5.89. The molecule has 0 fully saturated rings. The van der Waals surface area contributed by atoms with Gasteiger partial charge in [0, 0.05) is 17.3 Å². The summed E-state index contributed by atoms with van der Waals surface area (Å²) < 4.78 is 5.51. The Balaban J connectivity index is 2.36. The van der Waals surface area contributed by atoms with Crippen molar-refractivity contribution in [3.05, 3.63) is 36.0 Å². The van der Waals surface area contributed by atoms with Gasteiger partial charge in [-0.15, -0.1) is 0 Å². The average Bonchev–Trinajstić information content (AvgIpc) is 2.38. The Hall–Kier alpha value is -2.10. The van der Waals surface area contributed by atoms with Crippen molar-refractivity contribution in [2.45, 2.75) is 27.2 Å². The highest BCUT2D eigenvalue weighted by Crippen LogP contribution is 2.22. The second kappa shape index (κ2) is 6.37. The van der Waals surface area contributed by atoms with Crippen molar-refractivity contribution in [1.82, 2.24) is 9.97 Å². The Bertz CT molecular complexity index is 582. The summed E-state index contributed by atoms with van der Waals surface area (Å²) in [6, 6.07) is 9.62. The fraction of sp³-hybridized carbons (Fsp3) is 0.375. The molecule has 0 atom stereocenters. The minimum atomic E-state index is 0.507. The highest BCUT2D eigenvalue weighted by Gasteiger charge is 2.08. The van der Waals surface area contributed by atoms with Gasteiger partial charge in [-0.2, -0.15) is 0 Å². The molecule has 0 aliphatic heterocycles. The highest BCUT2D eigenvalue weighted by atomic mass is 16.5. The van der Waals surface area contributed by atoms with Crippen LogP contribution in [0.15, 0.2) is 30.3 Å². The molecule has 2 rings (SSSR count). The van der Waals surface area contributed by atoms with Gasteiger partial charge in [-0.05, 0) is 31.4 Å². The molecule has 0 amide bonds. The number of hydrogen-bond acceptors (Lipinski definition) is 4. The van der Waals surface area contributed by atoms with Gasteiger partial charge >= 0.3 is 0 Å². The van der Waals surface area contributed by atoms with Crippen LogP contribution < -0.4 is 10.5 Å². The molecule has 4 heteroatoms. The fourth-order valence-corrected chi connectivity index (χ4v) is 2.06. The van der Waals surface area contributed by atoms with Gasteiger partial charge in [-0.3, -0.25) is 0 Å². The minimum Gasteiger partial charge on any atom is -0.494 e. The van der Waals surface area contributed by atoms with Gasteiger partial charge < -0.3 is 10.5 Å². The van der Waals surface area contributed by atoms with Crippen LogP contribution in [0.2, 0.25) is 0 Å². The summed E-state index contributed by atoms with van der Waals surface area (Å²) in [5, 5.41) is 0. The molecule has 106 valence electrons. The lowest BCUT2D eigenvalue weighted by Crippen LogP contribution is -2.03. The predicted molar refractivity (Wildman–Crippen MR) is 81.6 cm³/mol. The van der Waals surface area contributed by atoms with Crippen LogP contribution in [-0.2, 0) is 6.42 Å². The lowest BCUT2D eigenvalue weighted by Gasteiger charge is -2.09.